The van der Waals surface area contributed by atoms with Crippen molar-refractivity contribution in [2.75, 3.05) is 31.6 Å². The number of nitrogens with one attached hydrogen (secondary N) is 1. The number of nitrogens with zero attached hydrogens (tertiary/aromatic N) is 1. The maximum Gasteiger partial charge on any atom is 0.390 e. The standard InChI is InChI=1S/C21H29F3N2O2/c1-14(2)15-3-4-19-18(11-15)25-20(27)12-16-5-8-26(9-7-21(22,23)24)13-17(16)6-10-28-19/h3-4,11,14,16-17H,5-10,12-13H2,1-2H3,(H,25,27)/t16-,17-/m0/s1. The fourth-order valence-corrected chi connectivity index (χ4v) is 4.13. The minimum absolute atomic E-state index is 0.0284. The Balaban J connectivity index is 1.68. The predicted molar refractivity (Wildman–Crippen MR) is 103 cm³/mol. The fraction of sp³-hybridized carbons (Fsp3) is 0.667. The van der Waals surface area contributed by atoms with Crippen molar-refractivity contribution in [2.45, 2.75) is 51.6 Å². The lowest BCUT2D eigenvalue weighted by atomic mass is 9.81. The number of carbonyl (C=O) groups excluding carboxylic acids is 1. The van der Waals surface area contributed by atoms with Crippen molar-refractivity contribution < 1.29 is 22.7 Å². The maximum absolute atomic E-state index is 12.6. The van der Waals surface area contributed by atoms with E-state index in [2.05, 4.69) is 19.2 Å². The van der Waals surface area contributed by atoms with Crippen molar-refractivity contribution >= 4 is 11.6 Å². The molecular formula is C21H29F3N2O2. The third kappa shape index (κ3) is 5.63. The van der Waals surface area contributed by atoms with E-state index in [0.717, 1.165) is 18.4 Å². The lowest BCUT2D eigenvalue weighted by Gasteiger charge is -2.39. The normalized spacial score (nSPS) is 24.1. The molecule has 7 heteroatoms. The summed E-state index contributed by atoms with van der Waals surface area (Å²) in [4.78, 5) is 14.5. The average Bonchev–Trinajstić information content (AvgIpc) is 2.61. The molecule has 0 aromatic heterocycles. The molecule has 28 heavy (non-hydrogen) atoms. The van der Waals surface area contributed by atoms with Crippen LogP contribution in [0.15, 0.2) is 18.2 Å². The second-order valence-corrected chi connectivity index (χ2v) is 8.27. The Bertz CT molecular complexity index is 691. The van der Waals surface area contributed by atoms with Gasteiger partial charge in [0.05, 0.1) is 18.7 Å². The third-order valence-electron chi connectivity index (χ3n) is 5.83. The number of rotatable bonds is 3. The molecule has 2 aliphatic heterocycles. The van der Waals surface area contributed by atoms with E-state index in [0.29, 0.717) is 43.5 Å². The van der Waals surface area contributed by atoms with Crippen LogP contribution >= 0.6 is 0 Å². The number of piperidine rings is 1. The Morgan fingerprint density at radius 2 is 2.04 bits per heavy atom. The quantitative estimate of drug-likeness (QED) is 0.794. The Morgan fingerprint density at radius 3 is 2.75 bits per heavy atom. The Hall–Kier alpha value is -1.76. The first kappa shape index (κ1) is 21.0. The van der Waals surface area contributed by atoms with Gasteiger partial charge in [-0.25, -0.2) is 0 Å². The van der Waals surface area contributed by atoms with Crippen LogP contribution in [0.1, 0.15) is 51.0 Å². The van der Waals surface area contributed by atoms with E-state index in [1.807, 2.05) is 23.1 Å². The summed E-state index contributed by atoms with van der Waals surface area (Å²) in [5, 5.41) is 2.99. The number of alkyl halides is 3. The number of halogens is 3. The SMILES string of the molecule is CC(C)c1ccc2c(c1)NC(=O)C[C@@H]1CCN(CCC(F)(F)F)C[C@@H]1CCO2. The van der Waals surface area contributed by atoms with Gasteiger partial charge in [-0.05, 0) is 54.8 Å². The van der Waals surface area contributed by atoms with Crippen LogP contribution in [-0.4, -0.2) is 43.2 Å². The highest BCUT2D eigenvalue weighted by molar-refractivity contribution is 5.92. The zero-order chi connectivity index (χ0) is 20.3. The van der Waals surface area contributed by atoms with Gasteiger partial charge in [0.2, 0.25) is 5.91 Å². The van der Waals surface area contributed by atoms with Gasteiger partial charge in [-0.2, -0.15) is 13.2 Å². The summed E-state index contributed by atoms with van der Waals surface area (Å²) in [5.74, 6) is 1.31. The van der Waals surface area contributed by atoms with Gasteiger partial charge < -0.3 is 15.0 Å². The average molecular weight is 398 g/mol. The van der Waals surface area contributed by atoms with Crippen molar-refractivity contribution in [1.29, 1.82) is 0 Å². The minimum atomic E-state index is -4.13. The lowest BCUT2D eigenvalue weighted by Crippen LogP contribution is -2.43. The zero-order valence-corrected chi connectivity index (χ0v) is 16.5. The molecule has 4 nitrogen and oxygen atoms in total. The van der Waals surface area contributed by atoms with Crippen LogP contribution in [0, 0.1) is 11.8 Å². The number of hydrogen-bond acceptors (Lipinski definition) is 3. The van der Waals surface area contributed by atoms with E-state index >= 15 is 0 Å². The lowest BCUT2D eigenvalue weighted by molar-refractivity contribution is -0.139. The Morgan fingerprint density at radius 1 is 1.25 bits per heavy atom. The predicted octanol–water partition coefficient (Wildman–Crippen LogP) is 4.81. The van der Waals surface area contributed by atoms with E-state index in [4.69, 9.17) is 4.74 Å². The van der Waals surface area contributed by atoms with Gasteiger partial charge in [0.15, 0.2) is 0 Å². The fourth-order valence-electron chi connectivity index (χ4n) is 4.13. The van der Waals surface area contributed by atoms with Gasteiger partial charge in [0.1, 0.15) is 5.75 Å². The highest BCUT2D eigenvalue weighted by Gasteiger charge is 2.34. The van der Waals surface area contributed by atoms with E-state index in [1.165, 1.54) is 0 Å². The highest BCUT2D eigenvalue weighted by atomic mass is 19.4. The van der Waals surface area contributed by atoms with Crippen molar-refractivity contribution in [3.8, 4) is 5.75 Å². The van der Waals surface area contributed by atoms with E-state index in [9.17, 15) is 18.0 Å². The van der Waals surface area contributed by atoms with Crippen LogP contribution in [0.2, 0.25) is 0 Å². The summed E-state index contributed by atoms with van der Waals surface area (Å²) in [5.41, 5.74) is 1.84. The van der Waals surface area contributed by atoms with Crippen LogP contribution in [0.5, 0.6) is 5.75 Å². The molecule has 0 saturated carbocycles. The molecule has 1 saturated heterocycles. The smallest absolute Gasteiger partial charge is 0.390 e. The number of carbonyl (C=O) groups is 1. The molecule has 3 rings (SSSR count). The van der Waals surface area contributed by atoms with Gasteiger partial charge in [-0.15, -0.1) is 0 Å². The summed E-state index contributed by atoms with van der Waals surface area (Å²) in [6.45, 7) is 5.93. The van der Waals surface area contributed by atoms with Crippen LogP contribution in [-0.2, 0) is 4.79 Å². The summed E-state index contributed by atoms with van der Waals surface area (Å²) >= 11 is 0. The molecule has 2 atom stereocenters. The van der Waals surface area contributed by atoms with E-state index < -0.39 is 12.6 Å². The molecule has 0 unspecified atom stereocenters. The largest absolute Gasteiger partial charge is 0.491 e. The van der Waals surface area contributed by atoms with E-state index in [-0.39, 0.29) is 24.3 Å². The molecule has 0 aliphatic carbocycles. The van der Waals surface area contributed by atoms with Crippen molar-refractivity contribution in [2.24, 2.45) is 11.8 Å². The van der Waals surface area contributed by atoms with Gasteiger partial charge in [0.25, 0.3) is 0 Å². The first-order chi connectivity index (χ1) is 13.2. The molecular weight excluding hydrogens is 369 g/mol. The van der Waals surface area contributed by atoms with Crippen molar-refractivity contribution in [1.82, 2.24) is 4.90 Å². The Kier molecular flexibility index (Phi) is 6.53. The number of amides is 1. The summed E-state index contributed by atoms with van der Waals surface area (Å²) < 4.78 is 43.5. The summed E-state index contributed by atoms with van der Waals surface area (Å²) in [6, 6.07) is 5.86. The highest BCUT2D eigenvalue weighted by Crippen LogP contribution is 2.34. The van der Waals surface area contributed by atoms with Crippen molar-refractivity contribution in [3.63, 3.8) is 0 Å². The summed E-state index contributed by atoms with van der Waals surface area (Å²) in [6.07, 6.45) is -3.02. The summed E-state index contributed by atoms with van der Waals surface area (Å²) in [7, 11) is 0. The van der Waals surface area contributed by atoms with Crippen molar-refractivity contribution in [3.05, 3.63) is 23.8 Å². The minimum Gasteiger partial charge on any atom is -0.491 e. The molecule has 0 bridgehead atoms. The molecule has 1 amide bonds. The molecule has 0 radical (unpaired) electrons. The molecule has 1 N–H and O–H groups in total. The molecule has 2 aliphatic rings. The topological polar surface area (TPSA) is 41.6 Å². The Labute approximate surface area is 164 Å². The maximum atomic E-state index is 12.6. The van der Waals surface area contributed by atoms with Gasteiger partial charge in [-0.3, -0.25) is 4.79 Å². The zero-order valence-electron chi connectivity index (χ0n) is 16.5. The van der Waals surface area contributed by atoms with E-state index in [1.54, 1.807) is 0 Å². The molecule has 1 aromatic rings. The molecule has 1 aromatic carbocycles. The number of benzene rings is 1. The molecule has 1 fully saturated rings. The van der Waals surface area contributed by atoms with Gasteiger partial charge in [-0.1, -0.05) is 19.9 Å². The van der Waals surface area contributed by atoms with Crippen LogP contribution in [0.4, 0.5) is 18.9 Å². The van der Waals surface area contributed by atoms with Crippen LogP contribution < -0.4 is 10.1 Å². The monoisotopic (exact) mass is 398 g/mol. The number of ether oxygens (including phenoxy) is 1. The number of hydrogen-bond donors (Lipinski definition) is 1. The number of anilines is 1. The van der Waals surface area contributed by atoms with Crippen LogP contribution in [0.3, 0.4) is 0 Å². The number of fused-ring (bicyclic) bond motifs is 2. The number of likely N-dealkylation sites (tertiary alicyclic amines) is 1. The second kappa shape index (κ2) is 8.72. The van der Waals surface area contributed by atoms with Crippen LogP contribution in [0.25, 0.3) is 0 Å². The molecule has 0 spiro atoms. The first-order valence-corrected chi connectivity index (χ1v) is 10.1. The van der Waals surface area contributed by atoms with Gasteiger partial charge >= 0.3 is 6.18 Å². The molecule has 156 valence electrons. The molecule has 2 heterocycles. The third-order valence-corrected chi connectivity index (χ3v) is 5.83. The van der Waals surface area contributed by atoms with Gasteiger partial charge in [0, 0.05) is 19.5 Å². The second-order valence-electron chi connectivity index (χ2n) is 8.27. The first-order valence-electron chi connectivity index (χ1n) is 10.1.